The van der Waals surface area contributed by atoms with Gasteiger partial charge in [0.25, 0.3) is 5.91 Å². The molecule has 0 aliphatic heterocycles. The molecule has 0 saturated heterocycles. The van der Waals surface area contributed by atoms with E-state index in [9.17, 15) is 18.0 Å². The van der Waals surface area contributed by atoms with Gasteiger partial charge in [0.1, 0.15) is 5.69 Å². The molecule has 0 spiro atoms. The summed E-state index contributed by atoms with van der Waals surface area (Å²) >= 11 is 17.7. The van der Waals surface area contributed by atoms with Gasteiger partial charge in [-0.15, -0.1) is 0 Å². The van der Waals surface area contributed by atoms with Crippen molar-refractivity contribution in [3.63, 3.8) is 0 Å². The van der Waals surface area contributed by atoms with Crippen molar-refractivity contribution >= 4 is 40.7 Å². The minimum absolute atomic E-state index is 0.265. The Morgan fingerprint density at radius 3 is 2.26 bits per heavy atom. The summed E-state index contributed by atoms with van der Waals surface area (Å²) in [5.74, 6) is -0.631. The second-order valence-corrected chi connectivity index (χ2v) is 6.18. The number of hydrogen-bond acceptors (Lipinski definition) is 2. The average molecular weight is 384 g/mol. The molecular weight excluding hydrogens is 376 g/mol. The van der Waals surface area contributed by atoms with Crippen molar-refractivity contribution in [2.45, 2.75) is 10.6 Å². The van der Waals surface area contributed by atoms with Crippen LogP contribution in [0.5, 0.6) is 0 Å². The monoisotopic (exact) mass is 382 g/mol. The van der Waals surface area contributed by atoms with Gasteiger partial charge >= 0.3 is 6.18 Å². The molecule has 2 rings (SSSR count). The Morgan fingerprint density at radius 2 is 1.74 bits per heavy atom. The highest BCUT2D eigenvalue weighted by atomic mass is 35.5. The zero-order chi connectivity index (χ0) is 17.3. The average Bonchev–Trinajstić information content (AvgIpc) is 2.46. The Labute approximate surface area is 144 Å². The number of hydrogen-bond donors (Lipinski definition) is 1. The van der Waals surface area contributed by atoms with Crippen molar-refractivity contribution in [3.05, 3.63) is 64.4 Å². The maximum absolute atomic E-state index is 12.6. The second-order valence-electron chi connectivity index (χ2n) is 4.45. The zero-order valence-corrected chi connectivity index (χ0v) is 13.4. The van der Waals surface area contributed by atoms with Gasteiger partial charge in [0.15, 0.2) is 0 Å². The van der Waals surface area contributed by atoms with E-state index in [0.717, 1.165) is 0 Å². The van der Waals surface area contributed by atoms with Crippen molar-refractivity contribution in [2.75, 3.05) is 0 Å². The van der Waals surface area contributed by atoms with Gasteiger partial charge in [-0.25, -0.2) is 0 Å². The number of carbonyl (C=O) groups is 1. The fraction of sp³-hybridized carbons (Fsp3) is 0.143. The van der Waals surface area contributed by atoms with Crippen LogP contribution in [0.2, 0.25) is 5.02 Å². The van der Waals surface area contributed by atoms with E-state index >= 15 is 0 Å². The van der Waals surface area contributed by atoms with Gasteiger partial charge in [0, 0.05) is 11.8 Å². The molecule has 0 bridgehead atoms. The van der Waals surface area contributed by atoms with E-state index in [1.54, 1.807) is 18.2 Å². The summed E-state index contributed by atoms with van der Waals surface area (Å²) in [6.45, 7) is 0. The Bertz CT molecular complexity index is 721. The summed E-state index contributed by atoms with van der Waals surface area (Å²) in [4.78, 5) is 15.6. The fourth-order valence-corrected chi connectivity index (χ4v) is 2.57. The Morgan fingerprint density at radius 1 is 1.13 bits per heavy atom. The first-order valence-electron chi connectivity index (χ1n) is 6.10. The van der Waals surface area contributed by atoms with E-state index in [2.05, 4.69) is 10.3 Å². The van der Waals surface area contributed by atoms with E-state index in [1.165, 1.54) is 12.1 Å². The second kappa shape index (κ2) is 6.55. The topological polar surface area (TPSA) is 42.0 Å². The highest BCUT2D eigenvalue weighted by Crippen LogP contribution is 2.37. The van der Waals surface area contributed by atoms with Gasteiger partial charge in [-0.1, -0.05) is 53.0 Å². The highest BCUT2D eigenvalue weighted by Gasteiger charge is 2.36. The molecule has 0 unspecified atom stereocenters. The van der Waals surface area contributed by atoms with E-state index in [0.29, 0.717) is 12.3 Å². The predicted octanol–water partition coefficient (Wildman–Crippen LogP) is 4.77. The van der Waals surface area contributed by atoms with E-state index in [4.69, 9.17) is 34.8 Å². The van der Waals surface area contributed by atoms with Gasteiger partial charge in [-0.3, -0.25) is 9.78 Å². The van der Waals surface area contributed by atoms with Gasteiger partial charge in [0.2, 0.25) is 4.46 Å². The van der Waals surface area contributed by atoms with Crippen LogP contribution >= 0.6 is 34.8 Å². The summed E-state index contributed by atoms with van der Waals surface area (Å²) in [6, 6.07) is 8.63. The lowest BCUT2D eigenvalue weighted by Gasteiger charge is -2.22. The number of carbonyl (C=O) groups excluding carboxylic acids is 1. The minimum Gasteiger partial charge on any atom is -0.316 e. The van der Waals surface area contributed by atoms with Crippen LogP contribution in [-0.2, 0) is 10.6 Å². The number of aromatic nitrogens is 1. The van der Waals surface area contributed by atoms with E-state index in [-0.39, 0.29) is 11.3 Å². The molecule has 0 atom stereocenters. The lowest BCUT2D eigenvalue weighted by Crippen LogP contribution is -2.38. The number of pyridine rings is 1. The van der Waals surface area contributed by atoms with Crippen LogP contribution in [0.15, 0.2) is 42.6 Å². The Balaban J connectivity index is 2.28. The summed E-state index contributed by atoms with van der Waals surface area (Å²) < 4.78 is 35.7. The molecule has 0 fully saturated rings. The first-order chi connectivity index (χ1) is 10.6. The molecule has 3 nitrogen and oxygen atoms in total. The van der Waals surface area contributed by atoms with Crippen molar-refractivity contribution in [3.8, 4) is 0 Å². The van der Waals surface area contributed by atoms with Crippen molar-refractivity contribution < 1.29 is 18.0 Å². The van der Waals surface area contributed by atoms with Crippen LogP contribution in [-0.4, -0.2) is 10.9 Å². The molecule has 0 saturated carbocycles. The maximum atomic E-state index is 12.6. The molecule has 122 valence electrons. The fourth-order valence-electron chi connectivity index (χ4n) is 1.69. The number of nitrogens with one attached hydrogen (secondary N) is 1. The summed E-state index contributed by atoms with van der Waals surface area (Å²) in [5.41, 5.74) is -1.09. The molecule has 1 amide bonds. The van der Waals surface area contributed by atoms with Crippen LogP contribution in [0.4, 0.5) is 13.2 Å². The molecule has 0 aliphatic carbocycles. The SMILES string of the molecule is O=C(NC(Cl)(Cl)c1ncc(C(F)(F)F)cc1Cl)c1ccccc1. The maximum Gasteiger partial charge on any atom is 0.417 e. The Kier molecular flexibility index (Phi) is 5.08. The zero-order valence-electron chi connectivity index (χ0n) is 11.2. The molecular formula is C14H8Cl3F3N2O. The predicted molar refractivity (Wildman–Crippen MR) is 81.5 cm³/mol. The van der Waals surface area contributed by atoms with Gasteiger partial charge in [-0.2, -0.15) is 13.2 Å². The third-order valence-electron chi connectivity index (χ3n) is 2.77. The number of alkyl halides is 5. The van der Waals surface area contributed by atoms with Gasteiger partial charge in [-0.05, 0) is 18.2 Å². The first-order valence-corrected chi connectivity index (χ1v) is 7.23. The quantitative estimate of drug-likeness (QED) is 0.613. The molecule has 0 aliphatic rings. The molecule has 1 N–H and O–H groups in total. The van der Waals surface area contributed by atoms with Crippen molar-refractivity contribution in [2.24, 2.45) is 0 Å². The van der Waals surface area contributed by atoms with Crippen LogP contribution in [0.1, 0.15) is 21.6 Å². The standard InChI is InChI=1S/C14H8Cl3F3N2O/c15-10-6-9(14(18,19)20)7-21-11(10)13(16,17)22-12(23)8-4-2-1-3-5-8/h1-7H,(H,22,23). The highest BCUT2D eigenvalue weighted by molar-refractivity contribution is 6.49. The van der Waals surface area contributed by atoms with E-state index < -0.39 is 27.1 Å². The van der Waals surface area contributed by atoms with Crippen molar-refractivity contribution in [1.29, 1.82) is 0 Å². The summed E-state index contributed by atoms with van der Waals surface area (Å²) in [7, 11) is 0. The molecule has 1 heterocycles. The lowest BCUT2D eigenvalue weighted by molar-refractivity contribution is -0.137. The van der Waals surface area contributed by atoms with Crippen LogP contribution in [0.25, 0.3) is 0 Å². The summed E-state index contributed by atoms with van der Waals surface area (Å²) in [6.07, 6.45) is -4.07. The summed E-state index contributed by atoms with van der Waals surface area (Å²) in [5, 5.41) is 1.83. The molecule has 0 radical (unpaired) electrons. The largest absolute Gasteiger partial charge is 0.417 e. The molecule has 23 heavy (non-hydrogen) atoms. The number of amides is 1. The van der Waals surface area contributed by atoms with Crippen LogP contribution in [0, 0.1) is 0 Å². The van der Waals surface area contributed by atoms with E-state index in [1.807, 2.05) is 0 Å². The smallest absolute Gasteiger partial charge is 0.316 e. The third-order valence-corrected chi connectivity index (χ3v) is 3.61. The van der Waals surface area contributed by atoms with Crippen molar-refractivity contribution in [1.82, 2.24) is 10.3 Å². The number of nitrogens with zero attached hydrogens (tertiary/aromatic N) is 1. The Hall–Kier alpha value is -1.50. The molecule has 1 aromatic heterocycles. The lowest BCUT2D eigenvalue weighted by atomic mass is 10.2. The van der Waals surface area contributed by atoms with Gasteiger partial charge in [0.05, 0.1) is 10.6 Å². The molecule has 1 aromatic carbocycles. The number of rotatable bonds is 3. The van der Waals surface area contributed by atoms with Crippen LogP contribution in [0.3, 0.4) is 0 Å². The molecule has 9 heteroatoms. The van der Waals surface area contributed by atoms with Crippen LogP contribution < -0.4 is 5.32 Å². The number of benzene rings is 1. The molecule has 2 aromatic rings. The van der Waals surface area contributed by atoms with Gasteiger partial charge < -0.3 is 5.32 Å². The normalized spacial score (nSPS) is 12.1. The number of halogens is 6. The third kappa shape index (κ3) is 4.28. The minimum atomic E-state index is -4.61. The first kappa shape index (κ1) is 17.8.